The van der Waals surface area contributed by atoms with E-state index >= 15 is 0 Å². The van der Waals surface area contributed by atoms with Crippen molar-refractivity contribution in [2.75, 3.05) is 19.3 Å². The van der Waals surface area contributed by atoms with Crippen molar-refractivity contribution < 1.29 is 13.2 Å². The van der Waals surface area contributed by atoms with Crippen LogP contribution in [0.15, 0.2) is 28.3 Å². The molecule has 1 aromatic heterocycles. The van der Waals surface area contributed by atoms with E-state index in [-0.39, 0.29) is 16.8 Å². The van der Waals surface area contributed by atoms with Crippen LogP contribution in [0.1, 0.15) is 58.3 Å². The number of rotatable bonds is 6. The average molecular weight is 426 g/mol. The summed E-state index contributed by atoms with van der Waals surface area (Å²) in [5.74, 6) is 0.471. The van der Waals surface area contributed by atoms with Gasteiger partial charge in [0.05, 0.1) is 10.8 Å². The molecule has 2 aliphatic rings. The first-order chi connectivity index (χ1) is 13.4. The van der Waals surface area contributed by atoms with Crippen LogP contribution in [0.2, 0.25) is 0 Å². The summed E-state index contributed by atoms with van der Waals surface area (Å²) < 4.78 is 27.3. The fraction of sp³-hybridized carbons (Fsp3) is 0.700. The van der Waals surface area contributed by atoms with Crippen LogP contribution in [0.4, 0.5) is 0 Å². The molecule has 2 heterocycles. The molecule has 0 radical (unpaired) electrons. The van der Waals surface area contributed by atoms with Gasteiger partial charge in [-0.2, -0.15) is 4.31 Å². The Kier molecular flexibility index (Phi) is 7.39. The number of likely N-dealkylation sites (tertiary alicyclic amines) is 1. The van der Waals surface area contributed by atoms with Crippen LogP contribution >= 0.6 is 11.8 Å². The summed E-state index contributed by atoms with van der Waals surface area (Å²) in [6.07, 6.45) is 9.95. The number of sulfonamides is 1. The Morgan fingerprint density at radius 3 is 2.54 bits per heavy atom. The predicted octanol–water partition coefficient (Wildman–Crippen LogP) is 3.53. The highest BCUT2D eigenvalue weighted by Crippen LogP contribution is 2.27. The number of pyridine rings is 1. The topological polar surface area (TPSA) is 70.6 Å². The van der Waals surface area contributed by atoms with Crippen molar-refractivity contribution in [2.45, 2.75) is 80.3 Å². The van der Waals surface area contributed by atoms with E-state index in [1.54, 1.807) is 19.2 Å². The lowest BCUT2D eigenvalue weighted by molar-refractivity contribution is -0.131. The van der Waals surface area contributed by atoms with Gasteiger partial charge in [-0.1, -0.05) is 31.0 Å². The van der Waals surface area contributed by atoms with Gasteiger partial charge in [0.1, 0.15) is 4.90 Å². The van der Waals surface area contributed by atoms with E-state index in [0.717, 1.165) is 45.1 Å². The van der Waals surface area contributed by atoms with E-state index in [1.807, 2.05) is 4.90 Å². The van der Waals surface area contributed by atoms with Crippen molar-refractivity contribution in [3.63, 3.8) is 0 Å². The Balaban J connectivity index is 1.58. The Morgan fingerprint density at radius 2 is 1.89 bits per heavy atom. The van der Waals surface area contributed by atoms with Crippen LogP contribution in [0, 0.1) is 0 Å². The maximum absolute atomic E-state index is 12.9. The van der Waals surface area contributed by atoms with Crippen LogP contribution < -0.4 is 0 Å². The van der Waals surface area contributed by atoms with Crippen molar-refractivity contribution in [3.8, 4) is 0 Å². The summed E-state index contributed by atoms with van der Waals surface area (Å²) in [6, 6.07) is 3.70. The first kappa shape index (κ1) is 21.6. The fourth-order valence-electron chi connectivity index (χ4n) is 4.10. The zero-order valence-electron chi connectivity index (χ0n) is 16.8. The molecule has 0 bridgehead atoms. The molecule has 1 aliphatic heterocycles. The summed E-state index contributed by atoms with van der Waals surface area (Å²) in [5, 5.41) is 0.678. The summed E-state index contributed by atoms with van der Waals surface area (Å²) >= 11 is 1.37. The Labute approximate surface area is 173 Å². The molecule has 8 heteroatoms. The molecule has 1 saturated heterocycles. The standard InChI is InChI=1S/C20H31N3O3S2/c1-16-8-6-7-13-23(16)20(24)15-27-19-12-11-18(14-21-19)28(25,26)22(2)17-9-4-3-5-10-17/h11-12,14,16-17H,3-10,13,15H2,1-2H3/t16-/m1/s1. The summed E-state index contributed by atoms with van der Waals surface area (Å²) in [5.41, 5.74) is 0. The van der Waals surface area contributed by atoms with Crippen molar-refractivity contribution in [1.82, 2.24) is 14.2 Å². The molecule has 156 valence electrons. The second-order valence-corrected chi connectivity index (χ2v) is 10.9. The van der Waals surface area contributed by atoms with E-state index in [2.05, 4.69) is 11.9 Å². The van der Waals surface area contributed by atoms with Crippen LogP contribution in [0.25, 0.3) is 0 Å². The van der Waals surface area contributed by atoms with Crippen LogP contribution in [-0.2, 0) is 14.8 Å². The Bertz CT molecular complexity index is 761. The second kappa shape index (κ2) is 9.59. The lowest BCUT2D eigenvalue weighted by atomic mass is 9.96. The highest BCUT2D eigenvalue weighted by atomic mass is 32.2. The molecule has 0 unspecified atom stereocenters. The molecule has 1 amide bonds. The van der Waals surface area contributed by atoms with Gasteiger partial charge >= 0.3 is 0 Å². The maximum Gasteiger partial charge on any atom is 0.244 e. The number of hydrogen-bond donors (Lipinski definition) is 0. The van der Waals surface area contributed by atoms with Gasteiger partial charge in [-0.3, -0.25) is 4.79 Å². The van der Waals surface area contributed by atoms with Crippen molar-refractivity contribution >= 4 is 27.7 Å². The third-order valence-electron chi connectivity index (χ3n) is 5.94. The predicted molar refractivity (Wildman–Crippen MR) is 112 cm³/mol. The van der Waals surface area contributed by atoms with Crippen LogP contribution in [0.5, 0.6) is 0 Å². The van der Waals surface area contributed by atoms with Crippen molar-refractivity contribution in [3.05, 3.63) is 18.3 Å². The summed E-state index contributed by atoms with van der Waals surface area (Å²) in [7, 11) is -1.85. The van der Waals surface area contributed by atoms with E-state index in [1.165, 1.54) is 35.1 Å². The van der Waals surface area contributed by atoms with E-state index in [4.69, 9.17) is 0 Å². The number of aromatic nitrogens is 1. The fourth-order valence-corrected chi connectivity index (χ4v) is 6.19. The highest BCUT2D eigenvalue weighted by Gasteiger charge is 2.29. The molecule has 0 spiro atoms. The summed E-state index contributed by atoms with van der Waals surface area (Å²) in [4.78, 5) is 18.9. The number of nitrogens with zero attached hydrogens (tertiary/aromatic N) is 3. The zero-order valence-corrected chi connectivity index (χ0v) is 18.5. The van der Waals surface area contributed by atoms with Crippen LogP contribution in [-0.4, -0.2) is 59.9 Å². The minimum Gasteiger partial charge on any atom is -0.339 e. The first-order valence-electron chi connectivity index (χ1n) is 10.3. The first-order valence-corrected chi connectivity index (χ1v) is 12.7. The monoisotopic (exact) mass is 425 g/mol. The normalized spacial score (nSPS) is 21.8. The lowest BCUT2D eigenvalue weighted by Gasteiger charge is -2.33. The molecule has 3 rings (SSSR count). The number of carbonyl (C=O) groups excluding carboxylic acids is 1. The van der Waals surface area contributed by atoms with Gasteiger partial charge in [-0.05, 0) is 51.2 Å². The molecule has 1 atom stereocenters. The Hall–Kier alpha value is -1.12. The third kappa shape index (κ3) is 5.07. The van der Waals surface area contributed by atoms with Gasteiger partial charge in [-0.15, -0.1) is 0 Å². The Morgan fingerprint density at radius 1 is 1.18 bits per heavy atom. The largest absolute Gasteiger partial charge is 0.339 e. The third-order valence-corrected chi connectivity index (χ3v) is 8.76. The highest BCUT2D eigenvalue weighted by molar-refractivity contribution is 7.99. The molecule has 0 aromatic carbocycles. The maximum atomic E-state index is 12.9. The smallest absolute Gasteiger partial charge is 0.244 e. The van der Waals surface area contributed by atoms with Crippen molar-refractivity contribution in [2.24, 2.45) is 0 Å². The molecule has 1 aromatic rings. The number of carbonyl (C=O) groups is 1. The zero-order chi connectivity index (χ0) is 20.1. The van der Waals surface area contributed by atoms with Crippen LogP contribution in [0.3, 0.4) is 0 Å². The number of hydrogen-bond acceptors (Lipinski definition) is 5. The van der Waals surface area contributed by atoms with Crippen molar-refractivity contribution in [1.29, 1.82) is 0 Å². The van der Waals surface area contributed by atoms with Gasteiger partial charge in [-0.25, -0.2) is 13.4 Å². The quantitative estimate of drug-likeness (QED) is 0.652. The van der Waals surface area contributed by atoms with Gasteiger partial charge < -0.3 is 4.90 Å². The van der Waals surface area contributed by atoms with Gasteiger partial charge in [0.15, 0.2) is 0 Å². The van der Waals surface area contributed by atoms with Gasteiger partial charge in [0.25, 0.3) is 0 Å². The minimum absolute atomic E-state index is 0.0805. The average Bonchev–Trinajstić information content (AvgIpc) is 2.72. The second-order valence-electron chi connectivity index (χ2n) is 7.87. The molecule has 2 fully saturated rings. The van der Waals surface area contributed by atoms with Gasteiger partial charge in [0, 0.05) is 31.9 Å². The summed E-state index contributed by atoms with van der Waals surface area (Å²) in [6.45, 7) is 2.93. The SMILES string of the molecule is C[C@@H]1CCCCN1C(=O)CSc1ccc(S(=O)(=O)N(C)C2CCCCC2)cn1. The minimum atomic E-state index is -3.52. The molecular weight excluding hydrogens is 394 g/mol. The number of piperidine rings is 1. The molecule has 1 aliphatic carbocycles. The van der Waals surface area contributed by atoms with E-state index in [9.17, 15) is 13.2 Å². The molecular formula is C20H31N3O3S2. The molecule has 6 nitrogen and oxygen atoms in total. The number of thioether (sulfide) groups is 1. The molecule has 0 N–H and O–H groups in total. The van der Waals surface area contributed by atoms with E-state index in [0.29, 0.717) is 16.8 Å². The molecule has 1 saturated carbocycles. The van der Waals surface area contributed by atoms with Gasteiger partial charge in [0.2, 0.25) is 15.9 Å². The number of amides is 1. The van der Waals surface area contributed by atoms with E-state index < -0.39 is 10.0 Å². The molecule has 28 heavy (non-hydrogen) atoms. The lowest BCUT2D eigenvalue weighted by Crippen LogP contribution is -2.42.